The second-order valence-corrected chi connectivity index (χ2v) is 6.04. The van der Waals surface area contributed by atoms with Crippen LogP contribution in [0.4, 0.5) is 4.79 Å². The molecule has 26 heavy (non-hydrogen) atoms. The van der Waals surface area contributed by atoms with Crippen molar-refractivity contribution in [2.45, 2.75) is 19.5 Å². The van der Waals surface area contributed by atoms with Crippen molar-refractivity contribution < 1.29 is 19.4 Å². The monoisotopic (exact) mass is 352 g/mol. The van der Waals surface area contributed by atoms with E-state index in [2.05, 4.69) is 5.32 Å². The molecule has 0 spiro atoms. The molecule has 1 aliphatic rings. The number of hydrogen-bond acceptors (Lipinski definition) is 4. The maximum atomic E-state index is 12.7. The first-order valence-corrected chi connectivity index (χ1v) is 8.21. The SMILES string of the molecule is COC(=O)C1=C(C)N(Cc2ccccc2)C(=O)NC1c1ccc(O)cc1. The van der Waals surface area contributed by atoms with Crippen molar-refractivity contribution in [1.29, 1.82) is 0 Å². The summed E-state index contributed by atoms with van der Waals surface area (Å²) in [6.07, 6.45) is 0. The minimum atomic E-state index is -0.637. The number of nitrogens with zero attached hydrogens (tertiary/aromatic N) is 1. The quantitative estimate of drug-likeness (QED) is 0.829. The molecule has 2 aromatic carbocycles. The molecular weight excluding hydrogens is 332 g/mol. The molecule has 134 valence electrons. The summed E-state index contributed by atoms with van der Waals surface area (Å²) < 4.78 is 4.95. The van der Waals surface area contributed by atoms with Crippen molar-refractivity contribution in [2.24, 2.45) is 0 Å². The predicted octanol–water partition coefficient (Wildman–Crippen LogP) is 3.11. The summed E-state index contributed by atoms with van der Waals surface area (Å²) in [5, 5.41) is 12.4. The second-order valence-electron chi connectivity index (χ2n) is 6.04. The van der Waals surface area contributed by atoms with E-state index in [1.807, 2.05) is 30.3 Å². The third-order valence-electron chi connectivity index (χ3n) is 4.41. The van der Waals surface area contributed by atoms with Gasteiger partial charge >= 0.3 is 12.0 Å². The van der Waals surface area contributed by atoms with E-state index >= 15 is 0 Å². The normalized spacial score (nSPS) is 17.1. The van der Waals surface area contributed by atoms with Gasteiger partial charge in [0.15, 0.2) is 0 Å². The number of aromatic hydroxyl groups is 1. The van der Waals surface area contributed by atoms with E-state index in [0.29, 0.717) is 23.4 Å². The molecule has 2 aromatic rings. The third-order valence-corrected chi connectivity index (χ3v) is 4.41. The summed E-state index contributed by atoms with van der Waals surface area (Å²) >= 11 is 0. The Morgan fingerprint density at radius 1 is 1.15 bits per heavy atom. The standard InChI is InChI=1S/C20H20N2O4/c1-13-17(19(24)26-2)18(15-8-10-16(23)11-9-15)21-20(25)22(13)12-14-6-4-3-5-7-14/h3-11,18,23H,12H2,1-2H3,(H,21,25). The van der Waals surface area contributed by atoms with Crippen LogP contribution in [-0.4, -0.2) is 29.1 Å². The summed E-state index contributed by atoms with van der Waals surface area (Å²) in [5.74, 6) is -0.388. The molecule has 0 fully saturated rings. The lowest BCUT2D eigenvalue weighted by Crippen LogP contribution is -2.47. The van der Waals surface area contributed by atoms with Crippen molar-refractivity contribution >= 4 is 12.0 Å². The fraction of sp³-hybridized carbons (Fsp3) is 0.200. The fourth-order valence-corrected chi connectivity index (χ4v) is 3.03. The van der Waals surface area contributed by atoms with Gasteiger partial charge in [0, 0.05) is 5.70 Å². The first-order chi connectivity index (χ1) is 12.5. The summed E-state index contributed by atoms with van der Waals surface area (Å²) in [6.45, 7) is 2.09. The number of rotatable bonds is 4. The number of methoxy groups -OCH3 is 1. The van der Waals surface area contributed by atoms with Gasteiger partial charge in [-0.15, -0.1) is 0 Å². The van der Waals surface area contributed by atoms with Crippen LogP contribution in [0, 0.1) is 0 Å². The Balaban J connectivity index is 2.02. The van der Waals surface area contributed by atoms with Crippen LogP contribution in [0.15, 0.2) is 65.9 Å². The summed E-state index contributed by atoms with van der Waals surface area (Å²) in [6, 6.07) is 15.0. The van der Waals surface area contributed by atoms with Crippen molar-refractivity contribution in [1.82, 2.24) is 10.2 Å². The van der Waals surface area contributed by atoms with Gasteiger partial charge in [0.05, 0.1) is 25.3 Å². The number of allylic oxidation sites excluding steroid dienone is 1. The van der Waals surface area contributed by atoms with Crippen molar-refractivity contribution in [2.75, 3.05) is 7.11 Å². The van der Waals surface area contributed by atoms with E-state index in [9.17, 15) is 14.7 Å². The van der Waals surface area contributed by atoms with Crippen molar-refractivity contribution in [3.05, 3.63) is 77.0 Å². The van der Waals surface area contributed by atoms with E-state index in [4.69, 9.17) is 4.74 Å². The number of esters is 1. The van der Waals surface area contributed by atoms with Crippen LogP contribution in [0.25, 0.3) is 0 Å². The number of amides is 2. The van der Waals surface area contributed by atoms with Crippen LogP contribution in [0.2, 0.25) is 0 Å². The number of phenolic OH excluding ortho intramolecular Hbond substituents is 1. The highest BCUT2D eigenvalue weighted by Gasteiger charge is 2.36. The molecule has 1 aliphatic heterocycles. The average Bonchev–Trinajstić information content (AvgIpc) is 2.65. The van der Waals surface area contributed by atoms with Gasteiger partial charge in [-0.3, -0.25) is 4.90 Å². The van der Waals surface area contributed by atoms with Gasteiger partial charge in [-0.2, -0.15) is 0 Å². The van der Waals surface area contributed by atoms with Crippen LogP contribution in [0.5, 0.6) is 5.75 Å². The molecular formula is C20H20N2O4. The predicted molar refractivity (Wildman–Crippen MR) is 96.1 cm³/mol. The van der Waals surface area contributed by atoms with E-state index in [1.54, 1.807) is 19.1 Å². The highest BCUT2D eigenvalue weighted by atomic mass is 16.5. The molecule has 3 rings (SSSR count). The van der Waals surface area contributed by atoms with Gasteiger partial charge < -0.3 is 15.2 Å². The largest absolute Gasteiger partial charge is 0.508 e. The van der Waals surface area contributed by atoms with Crippen molar-refractivity contribution in [3.8, 4) is 5.75 Å². The van der Waals surface area contributed by atoms with Crippen LogP contribution in [0.3, 0.4) is 0 Å². The number of ether oxygens (including phenoxy) is 1. The second kappa shape index (κ2) is 7.31. The molecule has 1 unspecified atom stereocenters. The molecule has 6 nitrogen and oxygen atoms in total. The number of hydrogen-bond donors (Lipinski definition) is 2. The topological polar surface area (TPSA) is 78.9 Å². The number of benzene rings is 2. The van der Waals surface area contributed by atoms with E-state index < -0.39 is 12.0 Å². The number of carbonyl (C=O) groups excluding carboxylic acids is 2. The fourth-order valence-electron chi connectivity index (χ4n) is 3.03. The zero-order valence-corrected chi connectivity index (χ0v) is 14.6. The number of urea groups is 1. The highest BCUT2D eigenvalue weighted by molar-refractivity contribution is 5.95. The zero-order valence-electron chi connectivity index (χ0n) is 14.6. The molecule has 0 saturated heterocycles. The van der Waals surface area contributed by atoms with E-state index in [0.717, 1.165) is 5.56 Å². The Kier molecular flexibility index (Phi) is 4.93. The summed E-state index contributed by atoms with van der Waals surface area (Å²) in [4.78, 5) is 26.6. The first kappa shape index (κ1) is 17.5. The lowest BCUT2D eigenvalue weighted by atomic mass is 9.94. The molecule has 0 saturated carbocycles. The van der Waals surface area contributed by atoms with Gasteiger partial charge in [-0.1, -0.05) is 42.5 Å². The van der Waals surface area contributed by atoms with E-state index in [-0.39, 0.29) is 11.8 Å². The third kappa shape index (κ3) is 3.39. The van der Waals surface area contributed by atoms with Gasteiger partial charge in [-0.05, 0) is 30.2 Å². The van der Waals surface area contributed by atoms with Gasteiger partial charge in [0.25, 0.3) is 0 Å². The minimum Gasteiger partial charge on any atom is -0.508 e. The van der Waals surface area contributed by atoms with Crippen LogP contribution in [-0.2, 0) is 16.1 Å². The number of carbonyl (C=O) groups is 2. The van der Waals surface area contributed by atoms with Gasteiger partial charge in [-0.25, -0.2) is 9.59 Å². The minimum absolute atomic E-state index is 0.113. The van der Waals surface area contributed by atoms with E-state index in [1.165, 1.54) is 24.1 Å². The lowest BCUT2D eigenvalue weighted by Gasteiger charge is -2.35. The molecule has 0 aromatic heterocycles. The number of phenols is 1. The van der Waals surface area contributed by atoms with Gasteiger partial charge in [0.2, 0.25) is 0 Å². The molecule has 6 heteroatoms. The molecule has 0 radical (unpaired) electrons. The Morgan fingerprint density at radius 2 is 1.81 bits per heavy atom. The molecule has 2 N–H and O–H groups in total. The summed E-state index contributed by atoms with van der Waals surface area (Å²) in [7, 11) is 1.31. The molecule has 1 heterocycles. The number of nitrogens with one attached hydrogen (secondary N) is 1. The van der Waals surface area contributed by atoms with Gasteiger partial charge in [0.1, 0.15) is 5.75 Å². The summed E-state index contributed by atoms with van der Waals surface area (Å²) in [5.41, 5.74) is 2.56. The van der Waals surface area contributed by atoms with Crippen molar-refractivity contribution in [3.63, 3.8) is 0 Å². The molecule has 0 bridgehead atoms. The molecule has 2 amide bonds. The Labute approximate surface area is 151 Å². The average molecular weight is 352 g/mol. The highest BCUT2D eigenvalue weighted by Crippen LogP contribution is 2.32. The zero-order chi connectivity index (χ0) is 18.7. The van der Waals surface area contributed by atoms with Crippen LogP contribution in [0.1, 0.15) is 24.1 Å². The smallest absolute Gasteiger partial charge is 0.337 e. The Hall–Kier alpha value is -3.28. The first-order valence-electron chi connectivity index (χ1n) is 8.21. The maximum Gasteiger partial charge on any atom is 0.337 e. The lowest BCUT2D eigenvalue weighted by molar-refractivity contribution is -0.136. The molecule has 1 atom stereocenters. The van der Waals surface area contributed by atoms with Crippen LogP contribution >= 0.6 is 0 Å². The Bertz CT molecular complexity index is 844. The molecule has 0 aliphatic carbocycles. The maximum absolute atomic E-state index is 12.7. The Morgan fingerprint density at radius 3 is 2.42 bits per heavy atom. The van der Waals surface area contributed by atoms with Crippen LogP contribution < -0.4 is 5.32 Å².